The Labute approximate surface area is 178 Å². The van der Waals surface area contributed by atoms with E-state index in [0.29, 0.717) is 11.2 Å². The topological polar surface area (TPSA) is 126 Å². The average molecular weight is 445 g/mol. The number of phenols is 1. The number of carbonyl (C=O) groups is 1. The first-order valence-electron chi connectivity index (χ1n) is 8.72. The van der Waals surface area contributed by atoms with Crippen molar-refractivity contribution in [1.29, 1.82) is 0 Å². The zero-order valence-corrected chi connectivity index (χ0v) is 17.4. The Hall–Kier alpha value is -3.37. The van der Waals surface area contributed by atoms with E-state index in [1.807, 2.05) is 12.1 Å². The summed E-state index contributed by atoms with van der Waals surface area (Å²) in [5.74, 6) is -0.225. The van der Waals surface area contributed by atoms with Crippen LogP contribution in [0.25, 0.3) is 10.9 Å². The average Bonchev–Trinajstić information content (AvgIpc) is 3.10. The lowest BCUT2D eigenvalue weighted by Gasteiger charge is -2.11. The smallest absolute Gasteiger partial charge is 0.262 e. The van der Waals surface area contributed by atoms with Crippen LogP contribution in [0.1, 0.15) is 0 Å². The molecule has 0 aliphatic carbocycles. The van der Waals surface area contributed by atoms with Gasteiger partial charge in [0.15, 0.2) is 0 Å². The van der Waals surface area contributed by atoms with E-state index in [2.05, 4.69) is 16.6 Å². The van der Waals surface area contributed by atoms with Crippen LogP contribution >= 0.6 is 11.8 Å². The van der Waals surface area contributed by atoms with Gasteiger partial charge in [-0.05, 0) is 41.8 Å². The summed E-state index contributed by atoms with van der Waals surface area (Å²) in [5, 5.41) is 15.3. The van der Waals surface area contributed by atoms with Crippen LogP contribution in [0.15, 0.2) is 82.8 Å². The summed E-state index contributed by atoms with van der Waals surface area (Å²) in [6.07, 6.45) is 3.00. The Balaban J connectivity index is 1.66. The molecular weight excluding hydrogens is 424 g/mol. The lowest BCUT2D eigenvalue weighted by molar-refractivity contribution is -0.116. The minimum Gasteiger partial charge on any atom is -0.506 e. The molecule has 156 valence electrons. The van der Waals surface area contributed by atoms with Gasteiger partial charge in [-0.15, -0.1) is 0 Å². The number of benzene rings is 2. The molecule has 1 aromatic heterocycles. The van der Waals surface area contributed by atoms with Gasteiger partial charge in [-0.2, -0.15) is 0 Å². The Bertz CT molecular complexity index is 1220. The van der Waals surface area contributed by atoms with Crippen LogP contribution in [-0.2, 0) is 21.4 Å². The number of phenolic OH excluding ortho intramolecular Hbond substituents is 1. The Morgan fingerprint density at radius 1 is 1.20 bits per heavy atom. The summed E-state index contributed by atoms with van der Waals surface area (Å²) < 4.78 is 28.7. The quantitative estimate of drug-likeness (QED) is 0.423. The lowest BCUT2D eigenvalue weighted by Crippen LogP contribution is -2.21. The minimum absolute atomic E-state index is 0.00557. The van der Waals surface area contributed by atoms with Crippen LogP contribution in [0.4, 0.5) is 5.69 Å². The lowest BCUT2D eigenvalue weighted by atomic mass is 10.2. The van der Waals surface area contributed by atoms with E-state index in [0.717, 1.165) is 17.1 Å². The molecule has 1 amide bonds. The van der Waals surface area contributed by atoms with Gasteiger partial charge in [-0.25, -0.2) is 8.42 Å². The van der Waals surface area contributed by atoms with Gasteiger partial charge in [0, 0.05) is 23.5 Å². The van der Waals surface area contributed by atoms with Gasteiger partial charge in [0.2, 0.25) is 5.91 Å². The highest BCUT2D eigenvalue weighted by atomic mass is 32.2. The number of para-hydroxylation sites is 1. The molecule has 0 saturated carbocycles. The molecule has 30 heavy (non-hydrogen) atoms. The molecular formula is C20H20N4O4S2. The summed E-state index contributed by atoms with van der Waals surface area (Å²) in [4.78, 5) is 12.4. The number of aromatic hydroxyl groups is 1. The number of rotatable bonds is 8. The van der Waals surface area contributed by atoms with Gasteiger partial charge >= 0.3 is 0 Å². The number of sulfonamides is 1. The van der Waals surface area contributed by atoms with Gasteiger partial charge in [0.05, 0.1) is 15.4 Å². The number of nitrogens with zero attached hydrogens (tertiary/aromatic N) is 1. The highest BCUT2D eigenvalue weighted by Gasteiger charge is 2.15. The molecule has 0 radical (unpaired) electrons. The maximum Gasteiger partial charge on any atom is 0.262 e. The van der Waals surface area contributed by atoms with Crippen molar-refractivity contribution in [3.8, 4) is 5.75 Å². The van der Waals surface area contributed by atoms with Crippen molar-refractivity contribution in [2.24, 2.45) is 5.73 Å². The van der Waals surface area contributed by atoms with E-state index in [1.165, 1.54) is 35.9 Å². The molecule has 10 heteroatoms. The number of nitrogens with one attached hydrogen (secondary N) is 2. The molecule has 0 fully saturated rings. The van der Waals surface area contributed by atoms with E-state index in [1.54, 1.807) is 22.9 Å². The third-order valence-electron chi connectivity index (χ3n) is 4.07. The fourth-order valence-corrected chi connectivity index (χ4v) is 4.48. The largest absolute Gasteiger partial charge is 0.506 e. The number of amides is 1. The van der Waals surface area contributed by atoms with E-state index < -0.39 is 10.0 Å². The third-order valence-corrected chi connectivity index (χ3v) is 6.28. The molecule has 0 aliphatic rings. The van der Waals surface area contributed by atoms with Gasteiger partial charge in [-0.3, -0.25) is 9.52 Å². The van der Waals surface area contributed by atoms with Crippen LogP contribution in [-0.4, -0.2) is 24.0 Å². The van der Waals surface area contributed by atoms with E-state index >= 15 is 0 Å². The van der Waals surface area contributed by atoms with Crippen molar-refractivity contribution in [2.75, 3.05) is 5.32 Å². The van der Waals surface area contributed by atoms with Crippen molar-refractivity contribution < 1.29 is 18.3 Å². The summed E-state index contributed by atoms with van der Waals surface area (Å²) >= 11 is 1.05. The first-order valence-corrected chi connectivity index (χ1v) is 11.1. The van der Waals surface area contributed by atoms with Crippen LogP contribution in [0.2, 0.25) is 0 Å². The van der Waals surface area contributed by atoms with Crippen molar-refractivity contribution in [1.82, 2.24) is 9.29 Å². The second kappa shape index (κ2) is 8.97. The molecule has 3 rings (SSSR count). The van der Waals surface area contributed by atoms with Gasteiger partial charge in [0.1, 0.15) is 12.3 Å². The number of fused-ring (bicyclic) bond motifs is 1. The fraction of sp³-hybridized carbons (Fsp3) is 0.0500. The molecule has 0 bridgehead atoms. The van der Waals surface area contributed by atoms with Crippen molar-refractivity contribution in [2.45, 2.75) is 11.4 Å². The van der Waals surface area contributed by atoms with Gasteiger partial charge in [-0.1, -0.05) is 30.5 Å². The third kappa shape index (κ3) is 4.97. The first kappa shape index (κ1) is 21.3. The van der Waals surface area contributed by atoms with Crippen molar-refractivity contribution in [3.05, 3.63) is 77.9 Å². The SMILES string of the molecule is C=C(NS(=O)(=O)c1ccc(NC(=O)Cn2ccc3cccc(O)c32)cc1)S/C=C\N. The summed E-state index contributed by atoms with van der Waals surface area (Å²) in [5.41, 5.74) is 6.23. The molecule has 0 saturated heterocycles. The number of nitrogens with two attached hydrogens (primary N) is 1. The maximum atomic E-state index is 12.4. The molecule has 0 atom stereocenters. The van der Waals surface area contributed by atoms with E-state index in [9.17, 15) is 18.3 Å². The minimum atomic E-state index is -3.79. The van der Waals surface area contributed by atoms with Crippen LogP contribution in [0.5, 0.6) is 5.75 Å². The molecule has 3 aromatic rings. The van der Waals surface area contributed by atoms with Crippen LogP contribution < -0.4 is 15.8 Å². The molecule has 0 spiro atoms. The Kier molecular flexibility index (Phi) is 6.38. The monoisotopic (exact) mass is 444 g/mol. The standard InChI is InChI=1S/C20H20N4O4S2/c1-14(29-12-10-21)23-30(27,28)17-7-5-16(6-8-17)22-19(26)13-24-11-9-15-3-2-4-18(25)20(15)24/h2-12,23,25H,1,13,21H2,(H,22,26)/b12-10-. The van der Waals surface area contributed by atoms with Gasteiger partial charge < -0.3 is 20.7 Å². The molecule has 8 nitrogen and oxygen atoms in total. The summed E-state index contributed by atoms with van der Waals surface area (Å²) in [6.45, 7) is 3.61. The zero-order chi connectivity index (χ0) is 21.7. The molecule has 1 heterocycles. The highest BCUT2D eigenvalue weighted by molar-refractivity contribution is 8.06. The molecule has 0 aliphatic heterocycles. The number of hydrogen-bond acceptors (Lipinski definition) is 6. The molecule has 5 N–H and O–H groups in total. The fourth-order valence-electron chi connectivity index (χ4n) is 2.80. The highest BCUT2D eigenvalue weighted by Crippen LogP contribution is 2.25. The van der Waals surface area contributed by atoms with Crippen LogP contribution in [0, 0.1) is 0 Å². The molecule has 2 aromatic carbocycles. The first-order chi connectivity index (χ1) is 14.3. The number of aromatic nitrogens is 1. The predicted octanol–water partition coefficient (Wildman–Crippen LogP) is 2.90. The maximum absolute atomic E-state index is 12.4. The number of carbonyl (C=O) groups excluding carboxylic acids is 1. The van der Waals surface area contributed by atoms with E-state index in [4.69, 9.17) is 5.73 Å². The van der Waals surface area contributed by atoms with Crippen LogP contribution in [0.3, 0.4) is 0 Å². The summed E-state index contributed by atoms with van der Waals surface area (Å²) in [7, 11) is -3.79. The summed E-state index contributed by atoms with van der Waals surface area (Å²) in [6, 6.07) is 12.7. The number of anilines is 1. The predicted molar refractivity (Wildman–Crippen MR) is 119 cm³/mol. The Morgan fingerprint density at radius 3 is 2.63 bits per heavy atom. The second-order valence-electron chi connectivity index (χ2n) is 6.21. The van der Waals surface area contributed by atoms with E-state index in [-0.39, 0.29) is 28.1 Å². The van der Waals surface area contributed by atoms with Crippen molar-refractivity contribution in [3.63, 3.8) is 0 Å². The number of thioether (sulfide) groups is 1. The van der Waals surface area contributed by atoms with Gasteiger partial charge in [0.25, 0.3) is 10.0 Å². The second-order valence-corrected chi connectivity index (χ2v) is 8.89. The molecule has 0 unspecified atom stereocenters. The number of hydrogen-bond donors (Lipinski definition) is 4. The van der Waals surface area contributed by atoms with Crippen molar-refractivity contribution >= 4 is 44.3 Å². The normalized spacial score (nSPS) is 11.6. The Morgan fingerprint density at radius 2 is 1.93 bits per heavy atom. The zero-order valence-electron chi connectivity index (χ0n) is 15.8.